The van der Waals surface area contributed by atoms with Gasteiger partial charge in [-0.25, -0.2) is 0 Å². The van der Waals surface area contributed by atoms with Crippen molar-refractivity contribution in [2.24, 2.45) is 11.0 Å². The minimum Gasteiger partial charge on any atom is -0.497 e. The fraction of sp³-hybridized carbons (Fsp3) is 0.300. The Morgan fingerprint density at radius 1 is 1.16 bits per heavy atom. The highest BCUT2D eigenvalue weighted by atomic mass is 16.5. The average Bonchev–Trinajstić information content (AvgIpc) is 3.12. The number of hydrogen-bond donors (Lipinski definition) is 1. The summed E-state index contributed by atoms with van der Waals surface area (Å²) in [4.78, 5) is 15.1. The van der Waals surface area contributed by atoms with Crippen LogP contribution in [0.25, 0.3) is 0 Å². The number of hydrogen-bond acceptors (Lipinski definition) is 4. The van der Waals surface area contributed by atoms with Crippen molar-refractivity contribution in [3.63, 3.8) is 0 Å². The Morgan fingerprint density at radius 2 is 1.88 bits per heavy atom. The van der Waals surface area contributed by atoms with E-state index in [9.17, 15) is 4.79 Å². The van der Waals surface area contributed by atoms with Crippen molar-refractivity contribution in [2.45, 2.75) is 24.9 Å². The maximum absolute atomic E-state index is 13.2. The summed E-state index contributed by atoms with van der Waals surface area (Å²) in [5, 5.41) is 4.25. The van der Waals surface area contributed by atoms with Gasteiger partial charge in [-0.05, 0) is 36.2 Å². The van der Waals surface area contributed by atoms with Gasteiger partial charge in [-0.15, -0.1) is 0 Å². The summed E-state index contributed by atoms with van der Waals surface area (Å²) >= 11 is 0. The van der Waals surface area contributed by atoms with Gasteiger partial charge >= 0.3 is 0 Å². The molecule has 5 nitrogen and oxygen atoms in total. The molecular weight excluding hydrogens is 314 g/mol. The number of rotatable bonds is 4. The summed E-state index contributed by atoms with van der Waals surface area (Å²) in [6.07, 6.45) is 2.74. The molecule has 0 saturated carbocycles. The molecule has 3 atom stereocenters. The molecule has 0 bridgehead atoms. The second kappa shape index (κ2) is 5.92. The highest BCUT2D eigenvalue weighted by Crippen LogP contribution is 2.51. The third-order valence-electron chi connectivity index (χ3n) is 5.26. The molecular formula is C20H21N3O2. The first-order valence-electron chi connectivity index (χ1n) is 8.55. The van der Waals surface area contributed by atoms with Crippen LogP contribution in [0.15, 0.2) is 59.7 Å². The zero-order chi connectivity index (χ0) is 17.4. The Hall–Kier alpha value is -2.82. The van der Waals surface area contributed by atoms with E-state index >= 15 is 0 Å². The van der Waals surface area contributed by atoms with Crippen molar-refractivity contribution < 1.29 is 9.53 Å². The highest BCUT2D eigenvalue weighted by Gasteiger charge is 2.66. The Balaban J connectivity index is 1.77. The number of benzene rings is 2. The van der Waals surface area contributed by atoms with E-state index in [1.165, 1.54) is 0 Å². The van der Waals surface area contributed by atoms with E-state index in [2.05, 4.69) is 29.6 Å². The Kier molecular flexibility index (Phi) is 3.71. The maximum atomic E-state index is 13.2. The van der Waals surface area contributed by atoms with Crippen molar-refractivity contribution >= 4 is 17.8 Å². The Morgan fingerprint density at radius 3 is 2.52 bits per heavy atom. The quantitative estimate of drug-likeness (QED) is 0.874. The SMILES string of the molecule is CCC1C=NN[C@]12C(=O)N(c1ccc(OC)cc1)[C@@H]2c1ccccc1. The number of carbonyl (C=O) groups excluding carboxylic acids is 1. The molecule has 4 rings (SSSR count). The number of β-lactam (4-membered cyclic amide) rings is 1. The summed E-state index contributed by atoms with van der Waals surface area (Å²) in [5.41, 5.74) is 4.44. The molecule has 25 heavy (non-hydrogen) atoms. The van der Waals surface area contributed by atoms with E-state index in [4.69, 9.17) is 4.74 Å². The highest BCUT2D eigenvalue weighted by molar-refractivity contribution is 6.11. The van der Waals surface area contributed by atoms with Gasteiger partial charge in [0.15, 0.2) is 5.54 Å². The van der Waals surface area contributed by atoms with Crippen LogP contribution in [0.2, 0.25) is 0 Å². The van der Waals surface area contributed by atoms with Crippen LogP contribution in [0.4, 0.5) is 5.69 Å². The third kappa shape index (κ3) is 2.15. The molecule has 1 amide bonds. The fourth-order valence-corrected chi connectivity index (χ4v) is 3.96. The van der Waals surface area contributed by atoms with Gasteiger partial charge < -0.3 is 4.74 Å². The van der Waals surface area contributed by atoms with Crippen molar-refractivity contribution in [3.8, 4) is 5.75 Å². The van der Waals surface area contributed by atoms with Gasteiger partial charge in [0.25, 0.3) is 5.91 Å². The second-order valence-corrected chi connectivity index (χ2v) is 6.46. The number of ether oxygens (including phenoxy) is 1. The van der Waals surface area contributed by atoms with Crippen LogP contribution in [0.3, 0.4) is 0 Å². The van der Waals surface area contributed by atoms with Crippen LogP contribution in [-0.2, 0) is 4.79 Å². The zero-order valence-electron chi connectivity index (χ0n) is 14.3. The number of amides is 1. The minimum absolute atomic E-state index is 0.0656. The number of anilines is 1. The number of methoxy groups -OCH3 is 1. The van der Waals surface area contributed by atoms with E-state index < -0.39 is 5.54 Å². The van der Waals surface area contributed by atoms with Gasteiger partial charge in [-0.2, -0.15) is 5.10 Å². The molecule has 2 heterocycles. The maximum Gasteiger partial charge on any atom is 0.258 e. The molecule has 0 aliphatic carbocycles. The summed E-state index contributed by atoms with van der Waals surface area (Å²) in [6, 6.07) is 17.7. The van der Waals surface area contributed by atoms with Crippen LogP contribution in [0, 0.1) is 5.92 Å². The largest absolute Gasteiger partial charge is 0.497 e. The van der Waals surface area contributed by atoms with Crippen LogP contribution in [0.1, 0.15) is 24.9 Å². The van der Waals surface area contributed by atoms with Gasteiger partial charge in [0.2, 0.25) is 0 Å². The fourth-order valence-electron chi connectivity index (χ4n) is 3.96. The average molecular weight is 335 g/mol. The van der Waals surface area contributed by atoms with E-state index in [0.29, 0.717) is 0 Å². The van der Waals surface area contributed by atoms with Crippen LogP contribution >= 0.6 is 0 Å². The van der Waals surface area contributed by atoms with Gasteiger partial charge in [0.1, 0.15) is 5.75 Å². The molecule has 1 spiro atoms. The topological polar surface area (TPSA) is 53.9 Å². The standard InChI is InChI=1S/C20H21N3O2/c1-3-15-13-21-22-20(15)18(14-7-5-4-6-8-14)23(19(20)24)16-9-11-17(25-2)12-10-16/h4-13,15,18,22H,3H2,1-2H3/t15?,18-,20-/m1/s1. The lowest BCUT2D eigenvalue weighted by Gasteiger charge is -2.56. The first-order valence-corrected chi connectivity index (χ1v) is 8.55. The molecule has 5 heteroatoms. The molecule has 128 valence electrons. The zero-order valence-corrected chi connectivity index (χ0v) is 14.3. The molecule has 1 N–H and O–H groups in total. The van der Waals surface area contributed by atoms with Crippen molar-refractivity contribution in [1.82, 2.24) is 5.43 Å². The summed E-state index contributed by atoms with van der Waals surface area (Å²) in [5.74, 6) is 0.923. The van der Waals surface area contributed by atoms with Crippen molar-refractivity contribution in [2.75, 3.05) is 12.0 Å². The molecule has 2 aromatic rings. The van der Waals surface area contributed by atoms with Crippen molar-refractivity contribution in [3.05, 3.63) is 60.2 Å². The third-order valence-corrected chi connectivity index (χ3v) is 5.26. The number of nitrogens with one attached hydrogen (secondary N) is 1. The molecule has 0 radical (unpaired) electrons. The van der Waals surface area contributed by atoms with Gasteiger partial charge in [-0.1, -0.05) is 37.3 Å². The van der Waals surface area contributed by atoms with Crippen LogP contribution in [-0.4, -0.2) is 24.8 Å². The van der Waals surface area contributed by atoms with Crippen LogP contribution < -0.4 is 15.1 Å². The summed E-state index contributed by atoms with van der Waals surface area (Å²) in [6.45, 7) is 2.09. The second-order valence-electron chi connectivity index (χ2n) is 6.46. The van der Waals surface area contributed by atoms with E-state index in [1.807, 2.05) is 53.6 Å². The predicted octanol–water partition coefficient (Wildman–Crippen LogP) is 3.14. The summed E-state index contributed by atoms with van der Waals surface area (Å²) in [7, 11) is 1.64. The van der Waals surface area contributed by atoms with E-state index in [-0.39, 0.29) is 17.9 Å². The lowest BCUT2D eigenvalue weighted by Crippen LogP contribution is -2.75. The molecule has 2 aliphatic rings. The Labute approximate surface area is 147 Å². The molecule has 0 aromatic heterocycles. The normalized spacial score (nSPS) is 27.3. The molecule has 1 saturated heterocycles. The van der Waals surface area contributed by atoms with E-state index in [1.54, 1.807) is 7.11 Å². The Bertz CT molecular complexity index is 803. The van der Waals surface area contributed by atoms with Gasteiger partial charge in [-0.3, -0.25) is 15.1 Å². The molecule has 2 aromatic carbocycles. The molecule has 2 aliphatic heterocycles. The molecule has 1 fully saturated rings. The summed E-state index contributed by atoms with van der Waals surface area (Å²) < 4.78 is 5.23. The minimum atomic E-state index is -0.684. The number of nitrogens with zero attached hydrogens (tertiary/aromatic N) is 2. The lowest BCUT2D eigenvalue weighted by molar-refractivity contribution is -0.136. The van der Waals surface area contributed by atoms with Crippen LogP contribution in [0.5, 0.6) is 5.75 Å². The smallest absolute Gasteiger partial charge is 0.258 e. The number of carbonyl (C=O) groups is 1. The van der Waals surface area contributed by atoms with Crippen molar-refractivity contribution in [1.29, 1.82) is 0 Å². The predicted molar refractivity (Wildman–Crippen MR) is 97.8 cm³/mol. The van der Waals surface area contributed by atoms with Gasteiger partial charge in [0, 0.05) is 17.8 Å². The van der Waals surface area contributed by atoms with Gasteiger partial charge in [0.05, 0.1) is 13.2 Å². The number of hydrazone groups is 1. The first kappa shape index (κ1) is 15.7. The van der Waals surface area contributed by atoms with E-state index in [0.717, 1.165) is 23.4 Å². The molecule has 1 unspecified atom stereocenters. The first-order chi connectivity index (χ1) is 12.2. The monoisotopic (exact) mass is 335 g/mol. The lowest BCUT2D eigenvalue weighted by atomic mass is 9.67.